The van der Waals surface area contributed by atoms with E-state index in [1.807, 2.05) is 0 Å². The first-order valence-corrected chi connectivity index (χ1v) is 40.8. The Kier molecular flexibility index (Phi) is 68.8. The maximum atomic E-state index is 12.9. The number of allylic oxidation sites excluding steroid dienone is 20. The second-order valence-corrected chi connectivity index (χ2v) is 27.9. The maximum Gasteiger partial charge on any atom is 0.472 e. The first-order chi connectivity index (χ1) is 47.2. The summed E-state index contributed by atoms with van der Waals surface area (Å²) >= 11 is 0. The fourth-order valence-corrected chi connectivity index (χ4v) is 11.5. The molecule has 0 fully saturated rings. The standard InChI is InChI=1S/C79H136O16P2/c1-4-7-10-13-16-19-22-25-28-30-31-32-33-34-35-36-37-38-39-40-41-43-46-47-50-53-56-59-62-65-77(82)89-68-74(80)69-91-96(85,86)92-70-75(81)71-93-97(87,88)94-73-76(95-79(84)67-64-61-58-55-52-49-44-27-24-21-18-15-12-9-6-3)72-90-78(83)66-63-60-57-54-51-48-45-42-29-26-23-20-17-14-11-8-5-2/h7-8,10-11,16-17,19-20,25-29,31-32,34-35,37-38,44,74-76,80-81H,4-6,9,12-15,18,21-24,30,33,36,39-43,45-73H2,1-3H3,(H,85,86)(H,87,88)/b10-7-,11-8-,19-16-,20-17-,28-25-,29-26-,32-31-,35-34-,38-37-,44-27-. The predicted octanol–water partition coefficient (Wildman–Crippen LogP) is 21.8. The summed E-state index contributed by atoms with van der Waals surface area (Å²) in [5.41, 5.74) is 0. The van der Waals surface area contributed by atoms with E-state index in [0.29, 0.717) is 19.3 Å². The van der Waals surface area contributed by atoms with E-state index < -0.39 is 91.5 Å². The first-order valence-electron chi connectivity index (χ1n) is 37.8. The van der Waals surface area contributed by atoms with Crippen molar-refractivity contribution in [3.05, 3.63) is 122 Å². The molecule has 0 radical (unpaired) electrons. The Morgan fingerprint density at radius 3 is 0.876 bits per heavy atom. The molecule has 0 aliphatic carbocycles. The number of rotatable bonds is 71. The second kappa shape index (κ2) is 71.8. The Labute approximate surface area is 589 Å². The lowest BCUT2D eigenvalue weighted by atomic mass is 10.1. The number of ether oxygens (including phenoxy) is 3. The topological polar surface area (TPSA) is 231 Å². The maximum absolute atomic E-state index is 12.9. The Bertz CT molecular complexity index is 2250. The average Bonchev–Trinajstić information content (AvgIpc) is 1.48. The molecule has 0 heterocycles. The van der Waals surface area contributed by atoms with E-state index in [1.165, 1.54) is 70.6 Å². The largest absolute Gasteiger partial charge is 0.472 e. The van der Waals surface area contributed by atoms with Gasteiger partial charge in [-0.25, -0.2) is 9.13 Å². The molecule has 5 atom stereocenters. The zero-order chi connectivity index (χ0) is 70.9. The third-order valence-corrected chi connectivity index (χ3v) is 17.6. The van der Waals surface area contributed by atoms with Crippen molar-refractivity contribution in [2.75, 3.05) is 39.6 Å². The van der Waals surface area contributed by atoms with Crippen LogP contribution in [0.1, 0.15) is 303 Å². The Morgan fingerprint density at radius 1 is 0.299 bits per heavy atom. The van der Waals surface area contributed by atoms with Crippen molar-refractivity contribution in [3.8, 4) is 0 Å². The molecule has 0 rings (SSSR count). The van der Waals surface area contributed by atoms with Crippen LogP contribution in [0.15, 0.2) is 122 Å². The molecule has 97 heavy (non-hydrogen) atoms. The molecule has 0 bridgehead atoms. The minimum Gasteiger partial charge on any atom is -0.463 e. The summed E-state index contributed by atoms with van der Waals surface area (Å²) in [7, 11) is -9.79. The second-order valence-electron chi connectivity index (χ2n) is 25.0. The minimum atomic E-state index is -4.93. The van der Waals surface area contributed by atoms with E-state index in [2.05, 4.69) is 142 Å². The van der Waals surface area contributed by atoms with Gasteiger partial charge in [0.25, 0.3) is 0 Å². The van der Waals surface area contributed by atoms with Crippen LogP contribution in [0.2, 0.25) is 0 Å². The van der Waals surface area contributed by atoms with Crippen molar-refractivity contribution in [2.24, 2.45) is 0 Å². The van der Waals surface area contributed by atoms with Crippen molar-refractivity contribution < 1.29 is 75.8 Å². The highest BCUT2D eigenvalue weighted by atomic mass is 31.2. The molecule has 0 amide bonds. The van der Waals surface area contributed by atoms with Crippen molar-refractivity contribution in [1.82, 2.24) is 0 Å². The summed E-state index contributed by atoms with van der Waals surface area (Å²) in [6.07, 6.45) is 83.9. The van der Waals surface area contributed by atoms with Gasteiger partial charge in [0.2, 0.25) is 0 Å². The van der Waals surface area contributed by atoms with E-state index in [9.17, 15) is 43.5 Å². The Morgan fingerprint density at radius 2 is 0.546 bits per heavy atom. The molecule has 0 saturated heterocycles. The number of aliphatic hydroxyl groups excluding tert-OH is 2. The molecule has 0 aromatic heterocycles. The summed E-state index contributed by atoms with van der Waals surface area (Å²) in [5, 5.41) is 20.6. The zero-order valence-electron chi connectivity index (χ0n) is 60.7. The molecule has 16 nitrogen and oxygen atoms in total. The molecule has 0 aliphatic heterocycles. The van der Waals surface area contributed by atoms with Crippen LogP contribution in [0.3, 0.4) is 0 Å². The smallest absolute Gasteiger partial charge is 0.463 e. The monoisotopic (exact) mass is 1400 g/mol. The van der Waals surface area contributed by atoms with Crippen molar-refractivity contribution in [2.45, 2.75) is 322 Å². The predicted molar refractivity (Wildman–Crippen MR) is 399 cm³/mol. The molecule has 0 saturated carbocycles. The molecule has 0 aromatic rings. The number of carbonyl (C=O) groups is 3. The highest BCUT2D eigenvalue weighted by Crippen LogP contribution is 2.45. The molecule has 0 aromatic carbocycles. The van der Waals surface area contributed by atoms with Gasteiger partial charge in [-0.3, -0.25) is 32.5 Å². The van der Waals surface area contributed by atoms with Gasteiger partial charge in [-0.2, -0.15) is 0 Å². The third-order valence-electron chi connectivity index (χ3n) is 15.7. The highest BCUT2D eigenvalue weighted by Gasteiger charge is 2.29. The summed E-state index contributed by atoms with van der Waals surface area (Å²) in [5.74, 6) is -1.60. The molecular formula is C79H136O16P2. The number of unbranched alkanes of at least 4 members (excludes halogenated alkanes) is 28. The number of carbonyl (C=O) groups excluding carboxylic acids is 3. The lowest BCUT2D eigenvalue weighted by Crippen LogP contribution is -2.30. The van der Waals surface area contributed by atoms with Crippen LogP contribution >= 0.6 is 15.6 Å². The lowest BCUT2D eigenvalue weighted by Gasteiger charge is -2.21. The zero-order valence-corrected chi connectivity index (χ0v) is 62.5. The van der Waals surface area contributed by atoms with Gasteiger partial charge in [0, 0.05) is 19.3 Å². The number of phosphoric acid groups is 2. The fraction of sp³-hybridized carbons (Fsp3) is 0.709. The molecule has 0 spiro atoms. The van der Waals surface area contributed by atoms with Crippen LogP contribution < -0.4 is 0 Å². The SMILES string of the molecule is CC/C=C\C/C=C\C/C=C\C/C=C\C/C=C\C/C=C\CCCCCCCCCCCCC(=O)OCC(O)COP(=O)(O)OCC(O)COP(=O)(O)OCC(COC(=O)CCCCCCCCC/C=C\C/C=C\C/C=C\CC)OC(=O)CCCCCCC/C=C\CCCCCCCC. The van der Waals surface area contributed by atoms with Crippen LogP contribution in [0.25, 0.3) is 0 Å². The van der Waals surface area contributed by atoms with E-state index in [0.717, 1.165) is 173 Å². The first kappa shape index (κ1) is 93.0. The van der Waals surface area contributed by atoms with Gasteiger partial charge in [0.05, 0.1) is 26.4 Å². The van der Waals surface area contributed by atoms with Crippen molar-refractivity contribution in [3.63, 3.8) is 0 Å². The summed E-state index contributed by atoms with van der Waals surface area (Å²) in [6.45, 7) is 2.43. The van der Waals surface area contributed by atoms with Crippen LogP contribution in [-0.4, -0.2) is 95.9 Å². The van der Waals surface area contributed by atoms with E-state index in [1.54, 1.807) is 0 Å². The van der Waals surface area contributed by atoms with Gasteiger partial charge in [-0.05, 0) is 128 Å². The van der Waals surface area contributed by atoms with Crippen LogP contribution in [-0.2, 0) is 55.8 Å². The number of phosphoric ester groups is 2. The number of hydrogen-bond acceptors (Lipinski definition) is 14. The van der Waals surface area contributed by atoms with E-state index in [-0.39, 0.29) is 19.3 Å². The molecular weight excluding hydrogens is 1270 g/mol. The van der Waals surface area contributed by atoms with Gasteiger partial charge in [0.15, 0.2) is 6.10 Å². The Hall–Kier alpha value is -4.05. The molecule has 0 aliphatic rings. The van der Waals surface area contributed by atoms with Crippen LogP contribution in [0.5, 0.6) is 0 Å². The average molecular weight is 1400 g/mol. The third kappa shape index (κ3) is 73.0. The lowest BCUT2D eigenvalue weighted by molar-refractivity contribution is -0.161. The normalized spacial score (nSPS) is 14.8. The quantitative estimate of drug-likeness (QED) is 0.0146. The Balaban J connectivity index is 4.52. The summed E-state index contributed by atoms with van der Waals surface area (Å²) in [4.78, 5) is 58.5. The van der Waals surface area contributed by atoms with Crippen LogP contribution in [0, 0.1) is 0 Å². The molecule has 18 heteroatoms. The van der Waals surface area contributed by atoms with Gasteiger partial charge < -0.3 is 34.2 Å². The molecule has 4 N–H and O–H groups in total. The van der Waals surface area contributed by atoms with E-state index in [4.69, 9.17) is 32.3 Å². The highest BCUT2D eigenvalue weighted by molar-refractivity contribution is 7.47. The summed E-state index contributed by atoms with van der Waals surface area (Å²) < 4.78 is 61.0. The van der Waals surface area contributed by atoms with Gasteiger partial charge in [0.1, 0.15) is 25.4 Å². The number of hydrogen-bond donors (Lipinski definition) is 4. The molecule has 558 valence electrons. The minimum absolute atomic E-state index is 0.0917. The van der Waals surface area contributed by atoms with Crippen molar-refractivity contribution >= 4 is 33.6 Å². The van der Waals surface area contributed by atoms with Gasteiger partial charge >= 0.3 is 33.6 Å². The van der Waals surface area contributed by atoms with Crippen LogP contribution in [0.4, 0.5) is 0 Å². The van der Waals surface area contributed by atoms with Crippen molar-refractivity contribution in [1.29, 1.82) is 0 Å². The number of aliphatic hydroxyl groups is 2. The number of esters is 3. The van der Waals surface area contributed by atoms with Gasteiger partial charge in [-0.15, -0.1) is 0 Å². The molecule has 5 unspecified atom stereocenters. The fourth-order valence-electron chi connectivity index (χ4n) is 9.94. The summed E-state index contributed by atoms with van der Waals surface area (Å²) in [6, 6.07) is 0. The van der Waals surface area contributed by atoms with Gasteiger partial charge in [-0.1, -0.05) is 277 Å². The van der Waals surface area contributed by atoms with E-state index >= 15 is 0 Å².